The van der Waals surface area contributed by atoms with E-state index in [0.29, 0.717) is 55.1 Å². The van der Waals surface area contributed by atoms with Gasteiger partial charge in [0.1, 0.15) is 18.0 Å². The number of benzene rings is 1. The van der Waals surface area contributed by atoms with Crippen LogP contribution in [-0.4, -0.2) is 74.1 Å². The van der Waals surface area contributed by atoms with Crippen LogP contribution < -0.4 is 10.1 Å². The summed E-state index contributed by atoms with van der Waals surface area (Å²) in [4.78, 5) is 27.1. The van der Waals surface area contributed by atoms with Gasteiger partial charge in [-0.1, -0.05) is 11.6 Å². The zero-order valence-corrected chi connectivity index (χ0v) is 23.8. The van der Waals surface area contributed by atoms with Crippen molar-refractivity contribution >= 4 is 52.1 Å². The number of fused-ring (bicyclic) bond motifs is 1. The Labute approximate surface area is 229 Å². The molecule has 1 aliphatic carbocycles. The molecule has 1 aromatic rings. The second kappa shape index (κ2) is 11.8. The minimum atomic E-state index is -3.70. The van der Waals surface area contributed by atoms with Gasteiger partial charge in [0, 0.05) is 48.7 Å². The Morgan fingerprint density at radius 2 is 1.73 bits per heavy atom. The van der Waals surface area contributed by atoms with Gasteiger partial charge in [-0.25, -0.2) is 13.2 Å². The van der Waals surface area contributed by atoms with Crippen molar-refractivity contribution in [3.8, 4) is 5.75 Å². The molecule has 0 aromatic heterocycles. The molecule has 1 N–H and O–H groups in total. The molecule has 0 spiro atoms. The highest BCUT2D eigenvalue weighted by Gasteiger charge is 2.36. The summed E-state index contributed by atoms with van der Waals surface area (Å²) >= 11 is 5.99. The summed E-state index contributed by atoms with van der Waals surface area (Å²) in [6.45, 7) is 6.62. The van der Waals surface area contributed by atoms with Crippen LogP contribution in [0.2, 0.25) is 5.02 Å². The van der Waals surface area contributed by atoms with E-state index in [9.17, 15) is 18.0 Å². The van der Waals surface area contributed by atoms with Crippen LogP contribution in [0.4, 0.5) is 4.79 Å². The molecule has 0 bridgehead atoms. The molecule has 0 unspecified atom stereocenters. The van der Waals surface area contributed by atoms with Gasteiger partial charge < -0.3 is 19.7 Å². The first-order valence-electron chi connectivity index (χ1n) is 12.3. The van der Waals surface area contributed by atoms with Gasteiger partial charge >= 0.3 is 6.09 Å². The number of sulfonamides is 1. The number of carbonyl (C=O) groups excluding carboxylic acids is 2. The second-order valence-corrected chi connectivity index (χ2v) is 12.9. The van der Waals surface area contributed by atoms with E-state index >= 15 is 0 Å². The standard InChI is InChI=1S/C25H34ClN3O6S.ClH/c1-25(2,3)35-24(31)27-20-8-5-17(6-9-20)23(30)28-10-12-29(13-11-28)36(32,33)21-14-18-4-7-19(26)15-22(18)34-16-21;/h4,7,14-15,17,20H,5-6,8-13,16H2,1-3H3,(H,27,31);1H. The van der Waals surface area contributed by atoms with Crippen molar-refractivity contribution < 1.29 is 27.5 Å². The number of carbonyl (C=O) groups is 2. The zero-order valence-electron chi connectivity index (χ0n) is 21.4. The van der Waals surface area contributed by atoms with E-state index in [-0.39, 0.29) is 54.9 Å². The van der Waals surface area contributed by atoms with Gasteiger partial charge in [-0.3, -0.25) is 4.79 Å². The molecule has 2 amide bonds. The predicted octanol–water partition coefficient (Wildman–Crippen LogP) is 4.05. The van der Waals surface area contributed by atoms with Crippen LogP contribution >= 0.6 is 24.0 Å². The predicted molar refractivity (Wildman–Crippen MR) is 144 cm³/mol. The van der Waals surface area contributed by atoms with Crippen LogP contribution in [-0.2, 0) is 19.6 Å². The van der Waals surface area contributed by atoms with Gasteiger partial charge in [0.15, 0.2) is 0 Å². The van der Waals surface area contributed by atoms with E-state index in [1.54, 1.807) is 29.2 Å². The molecule has 1 saturated heterocycles. The summed E-state index contributed by atoms with van der Waals surface area (Å²) in [5.74, 6) is 0.518. The van der Waals surface area contributed by atoms with E-state index in [0.717, 1.165) is 0 Å². The summed E-state index contributed by atoms with van der Waals surface area (Å²) in [5.41, 5.74) is 0.126. The van der Waals surface area contributed by atoms with Crippen LogP contribution in [0.15, 0.2) is 23.1 Å². The van der Waals surface area contributed by atoms with Crippen LogP contribution in [0.3, 0.4) is 0 Å². The maximum absolute atomic E-state index is 13.2. The van der Waals surface area contributed by atoms with Crippen molar-refractivity contribution in [2.24, 2.45) is 5.92 Å². The Kier molecular flexibility index (Phi) is 9.42. The molecule has 0 radical (unpaired) electrons. The van der Waals surface area contributed by atoms with Gasteiger partial charge in [-0.2, -0.15) is 4.31 Å². The smallest absolute Gasteiger partial charge is 0.407 e. The summed E-state index contributed by atoms with van der Waals surface area (Å²) in [5, 5.41) is 3.43. The second-order valence-electron chi connectivity index (χ2n) is 10.5. The van der Waals surface area contributed by atoms with Crippen molar-refractivity contribution in [2.75, 3.05) is 32.8 Å². The highest BCUT2D eigenvalue weighted by atomic mass is 35.5. The molecule has 12 heteroatoms. The van der Waals surface area contributed by atoms with E-state index in [1.165, 1.54) is 4.31 Å². The van der Waals surface area contributed by atoms with Gasteiger partial charge in [0.2, 0.25) is 15.9 Å². The summed E-state index contributed by atoms with van der Waals surface area (Å²) in [6, 6.07) is 5.10. The molecule has 9 nitrogen and oxygen atoms in total. The molecule has 1 saturated carbocycles. The monoisotopic (exact) mass is 575 g/mol. The largest absolute Gasteiger partial charge is 0.487 e. The Hall–Kier alpha value is -2.01. The Morgan fingerprint density at radius 3 is 2.35 bits per heavy atom. The number of nitrogens with zero attached hydrogens (tertiary/aromatic N) is 2. The molecule has 37 heavy (non-hydrogen) atoms. The minimum Gasteiger partial charge on any atom is -0.487 e. The van der Waals surface area contributed by atoms with Gasteiger partial charge in [-0.05, 0) is 70.7 Å². The van der Waals surface area contributed by atoms with E-state index in [4.69, 9.17) is 21.1 Å². The molecule has 0 atom stereocenters. The lowest BCUT2D eigenvalue weighted by molar-refractivity contribution is -0.137. The molecule has 4 rings (SSSR count). The topological polar surface area (TPSA) is 105 Å². The number of alkyl carbamates (subject to hydrolysis) is 1. The van der Waals surface area contributed by atoms with E-state index < -0.39 is 21.7 Å². The summed E-state index contributed by atoms with van der Waals surface area (Å²) in [7, 11) is -3.70. The van der Waals surface area contributed by atoms with Crippen molar-refractivity contribution in [2.45, 2.75) is 58.1 Å². The summed E-state index contributed by atoms with van der Waals surface area (Å²) in [6.07, 6.45) is 4.00. The lowest BCUT2D eigenvalue weighted by Gasteiger charge is -2.38. The third-order valence-corrected chi connectivity index (χ3v) is 8.86. The SMILES string of the molecule is CC(C)(C)OC(=O)NC1CCC(C(=O)N2CCN(S(=O)(=O)C3=Cc4ccc(Cl)cc4OC3)CC2)CC1.Cl. The average molecular weight is 577 g/mol. The average Bonchev–Trinajstić information content (AvgIpc) is 2.82. The number of amides is 2. The zero-order chi connectivity index (χ0) is 26.1. The maximum atomic E-state index is 13.2. The number of hydrogen-bond acceptors (Lipinski definition) is 6. The van der Waals surface area contributed by atoms with Crippen molar-refractivity contribution in [3.63, 3.8) is 0 Å². The van der Waals surface area contributed by atoms with Crippen LogP contribution in [0.5, 0.6) is 5.75 Å². The fraction of sp³-hybridized carbons (Fsp3) is 0.600. The van der Waals surface area contributed by atoms with Crippen molar-refractivity contribution in [1.82, 2.24) is 14.5 Å². The normalized spacial score (nSPS) is 22.6. The van der Waals surface area contributed by atoms with Gasteiger partial charge in [0.05, 0.1) is 4.91 Å². The molecule has 2 heterocycles. The fourth-order valence-corrected chi connectivity index (χ4v) is 6.42. The van der Waals surface area contributed by atoms with Crippen LogP contribution in [0, 0.1) is 5.92 Å². The molecule has 2 aliphatic heterocycles. The first-order valence-corrected chi connectivity index (χ1v) is 14.2. The number of hydrogen-bond donors (Lipinski definition) is 1. The third-order valence-electron chi connectivity index (χ3n) is 6.68. The van der Waals surface area contributed by atoms with Crippen molar-refractivity contribution in [1.29, 1.82) is 0 Å². The van der Waals surface area contributed by atoms with E-state index in [1.807, 2.05) is 20.8 Å². The number of rotatable bonds is 4. The first-order chi connectivity index (χ1) is 16.9. The number of halogens is 2. The number of ether oxygens (including phenoxy) is 2. The number of piperazine rings is 1. The van der Waals surface area contributed by atoms with Crippen LogP contribution in [0.25, 0.3) is 6.08 Å². The first kappa shape index (κ1) is 29.5. The summed E-state index contributed by atoms with van der Waals surface area (Å²) < 4.78 is 38.8. The fourth-order valence-electron chi connectivity index (χ4n) is 4.80. The molecule has 3 aliphatic rings. The lowest BCUT2D eigenvalue weighted by atomic mass is 9.85. The van der Waals surface area contributed by atoms with Crippen molar-refractivity contribution in [3.05, 3.63) is 33.7 Å². The van der Waals surface area contributed by atoms with Gasteiger partial charge in [0.25, 0.3) is 0 Å². The molecule has 206 valence electrons. The molecule has 2 fully saturated rings. The Morgan fingerprint density at radius 1 is 1.08 bits per heavy atom. The lowest BCUT2D eigenvalue weighted by Crippen LogP contribution is -2.53. The van der Waals surface area contributed by atoms with Crippen LogP contribution in [0.1, 0.15) is 52.0 Å². The quantitative estimate of drug-likeness (QED) is 0.580. The van der Waals surface area contributed by atoms with Gasteiger partial charge in [-0.15, -0.1) is 12.4 Å². The van der Waals surface area contributed by atoms with E-state index in [2.05, 4.69) is 5.32 Å². The number of nitrogens with one attached hydrogen (secondary N) is 1. The Balaban J connectivity index is 0.00000380. The highest BCUT2D eigenvalue weighted by molar-refractivity contribution is 7.93. The highest BCUT2D eigenvalue weighted by Crippen LogP contribution is 2.32. The third kappa shape index (κ3) is 7.31. The maximum Gasteiger partial charge on any atom is 0.407 e. The molecule has 1 aromatic carbocycles. The Bertz CT molecular complexity index is 1140. The molecular formula is C25H35Cl2N3O6S. The minimum absolute atomic E-state index is 0. The molecular weight excluding hydrogens is 541 g/mol.